The minimum absolute atomic E-state index is 0.0481. The van der Waals surface area contributed by atoms with E-state index in [0.29, 0.717) is 38.4 Å². The van der Waals surface area contributed by atoms with Crippen LogP contribution in [-0.4, -0.2) is 50.2 Å². The second-order valence-corrected chi connectivity index (χ2v) is 15.3. The number of aromatic nitrogens is 1. The number of Topliss-reactive ketones (excluding diaryl/α,β-unsaturated/α-hetero) is 1. The van der Waals surface area contributed by atoms with Crippen LogP contribution in [0.2, 0.25) is 5.02 Å². The number of benzene rings is 3. The van der Waals surface area contributed by atoms with Crippen LogP contribution in [0.25, 0.3) is 22.2 Å². The summed E-state index contributed by atoms with van der Waals surface area (Å²) in [5, 5.41) is 0.932. The molecule has 246 valence electrons. The highest BCUT2D eigenvalue weighted by Crippen LogP contribution is 2.60. The molecule has 3 fully saturated rings. The van der Waals surface area contributed by atoms with E-state index in [0.717, 1.165) is 18.6 Å². The number of halogens is 5. The molecule has 7 nitrogen and oxygen atoms in total. The van der Waals surface area contributed by atoms with Gasteiger partial charge in [0.05, 0.1) is 34.3 Å². The Labute approximate surface area is 302 Å². The first-order chi connectivity index (χ1) is 23.0. The largest absolute Gasteiger partial charge is 0.450 e. The lowest BCUT2D eigenvalue weighted by atomic mass is 9.81. The Bertz CT molecular complexity index is 1960. The van der Waals surface area contributed by atoms with Crippen molar-refractivity contribution >= 4 is 95.2 Å². The summed E-state index contributed by atoms with van der Waals surface area (Å²) in [5.41, 5.74) is 2.97. The third kappa shape index (κ3) is 5.49. The number of amides is 2. The number of hydrogen-bond acceptors (Lipinski definition) is 6. The van der Waals surface area contributed by atoms with Gasteiger partial charge in [0.1, 0.15) is 5.82 Å². The molecule has 4 aromatic rings. The van der Waals surface area contributed by atoms with Crippen molar-refractivity contribution in [1.29, 1.82) is 0 Å². The topological polar surface area (TPSA) is 93.6 Å². The van der Waals surface area contributed by atoms with Gasteiger partial charge in [-0.2, -0.15) is 0 Å². The fourth-order valence-electron chi connectivity index (χ4n) is 7.44. The Kier molecular flexibility index (Phi) is 8.98. The highest BCUT2D eigenvalue weighted by molar-refractivity contribution is 9.12. The van der Waals surface area contributed by atoms with Crippen LogP contribution in [0.5, 0.6) is 0 Å². The molecule has 2 heterocycles. The average molecular weight is 817 g/mol. The van der Waals surface area contributed by atoms with Gasteiger partial charge in [-0.15, -0.1) is 11.6 Å². The summed E-state index contributed by atoms with van der Waals surface area (Å²) in [6.07, 6.45) is -0.305. The van der Waals surface area contributed by atoms with Crippen molar-refractivity contribution in [2.75, 3.05) is 10.8 Å². The van der Waals surface area contributed by atoms with Crippen molar-refractivity contribution in [3.8, 4) is 11.3 Å². The Hall–Kier alpha value is -3.18. The maximum atomic E-state index is 13.8. The Morgan fingerprint density at radius 3 is 2.21 bits per heavy atom. The maximum absolute atomic E-state index is 13.8. The van der Waals surface area contributed by atoms with Crippen molar-refractivity contribution in [2.45, 2.75) is 35.5 Å². The van der Waals surface area contributed by atoms with Gasteiger partial charge in [0.15, 0.2) is 6.10 Å². The van der Waals surface area contributed by atoms with Crippen LogP contribution in [-0.2, 0) is 14.3 Å². The average Bonchev–Trinajstić information content (AvgIpc) is 3.70. The second-order valence-electron chi connectivity index (χ2n) is 12.4. The number of esters is 1. The molecule has 2 saturated carbocycles. The number of pyridine rings is 1. The van der Waals surface area contributed by atoms with E-state index in [1.165, 1.54) is 17.0 Å². The Morgan fingerprint density at radius 1 is 0.979 bits per heavy atom. The van der Waals surface area contributed by atoms with Crippen LogP contribution < -0.4 is 4.90 Å². The molecular weight excluding hydrogens is 790 g/mol. The summed E-state index contributed by atoms with van der Waals surface area (Å²) in [6, 6.07) is 16.8. The predicted octanol–water partition coefficient (Wildman–Crippen LogP) is 8.32. The summed E-state index contributed by atoms with van der Waals surface area (Å²) in [4.78, 5) is 60.6. The van der Waals surface area contributed by atoms with E-state index in [1.54, 1.807) is 49.4 Å². The molecule has 1 aliphatic heterocycles. The standard InChI is InChI=1S/C36H27Br2Cl2FN2O5/c1-16-25(40)11-10-21-22(36(47)48-27(12-13-39)33(44)18-2-6-19(41)7-3-18)15-26(42-32(16)21)17-4-8-20(9-5-17)43-34(45)28-23-14-24(29(28)35(43)46)31(38)30(23)37/h2-11,15,23-24,27-31H,12-14H2,1H3. The summed E-state index contributed by atoms with van der Waals surface area (Å²) >= 11 is 19.9. The number of imide groups is 1. The minimum atomic E-state index is -1.20. The smallest absolute Gasteiger partial charge is 0.339 e. The summed E-state index contributed by atoms with van der Waals surface area (Å²) < 4.78 is 19.2. The van der Waals surface area contributed by atoms with Crippen molar-refractivity contribution < 1.29 is 28.3 Å². The predicted molar refractivity (Wildman–Crippen MR) is 189 cm³/mol. The van der Waals surface area contributed by atoms with Gasteiger partial charge in [0, 0.05) is 43.5 Å². The fourth-order valence-corrected chi connectivity index (χ4v) is 9.66. The van der Waals surface area contributed by atoms with E-state index in [2.05, 4.69) is 31.9 Å². The highest BCUT2D eigenvalue weighted by atomic mass is 79.9. The summed E-state index contributed by atoms with van der Waals surface area (Å²) in [6.45, 7) is 1.79. The minimum Gasteiger partial charge on any atom is -0.450 e. The van der Waals surface area contributed by atoms with Crippen molar-refractivity contribution in [3.05, 3.63) is 94.3 Å². The first kappa shape index (κ1) is 33.3. The number of hydrogen-bond donors (Lipinski definition) is 0. The summed E-state index contributed by atoms with van der Waals surface area (Å²) in [5.74, 6) is -2.51. The van der Waals surface area contributed by atoms with Gasteiger partial charge < -0.3 is 4.74 Å². The Morgan fingerprint density at radius 2 is 1.60 bits per heavy atom. The second kappa shape index (κ2) is 12.9. The van der Waals surface area contributed by atoms with Crippen LogP contribution in [0.4, 0.5) is 10.1 Å². The van der Waals surface area contributed by atoms with Gasteiger partial charge >= 0.3 is 5.97 Å². The molecule has 12 heteroatoms. The van der Waals surface area contributed by atoms with Crippen LogP contribution in [0.3, 0.4) is 0 Å². The zero-order valence-corrected chi connectivity index (χ0v) is 30.0. The van der Waals surface area contributed by atoms with Crippen LogP contribution in [0, 0.1) is 36.4 Å². The van der Waals surface area contributed by atoms with E-state index in [9.17, 15) is 23.6 Å². The molecule has 48 heavy (non-hydrogen) atoms. The quantitative estimate of drug-likeness (QED) is 0.0769. The molecule has 2 amide bonds. The molecule has 3 aromatic carbocycles. The number of ether oxygens (including phenoxy) is 1. The van der Waals surface area contributed by atoms with E-state index in [1.807, 2.05) is 0 Å². The molecule has 2 bridgehead atoms. The molecule has 2 aliphatic carbocycles. The van der Waals surface area contributed by atoms with Crippen LogP contribution >= 0.6 is 55.1 Å². The van der Waals surface area contributed by atoms with E-state index < -0.39 is 23.7 Å². The first-order valence-electron chi connectivity index (χ1n) is 15.4. The van der Waals surface area contributed by atoms with Gasteiger partial charge in [-0.3, -0.25) is 19.3 Å². The molecule has 7 unspecified atom stereocenters. The molecule has 0 N–H and O–H groups in total. The van der Waals surface area contributed by atoms with E-state index in [4.69, 9.17) is 32.9 Å². The molecule has 0 radical (unpaired) electrons. The molecule has 1 saturated heterocycles. The zero-order valence-electron chi connectivity index (χ0n) is 25.3. The van der Waals surface area contributed by atoms with E-state index >= 15 is 0 Å². The maximum Gasteiger partial charge on any atom is 0.339 e. The molecule has 1 aromatic heterocycles. The zero-order chi connectivity index (χ0) is 34.0. The van der Waals surface area contributed by atoms with Gasteiger partial charge in [0.25, 0.3) is 0 Å². The van der Waals surface area contributed by atoms with Crippen molar-refractivity contribution in [2.24, 2.45) is 23.7 Å². The normalized spacial score (nSPS) is 25.1. The number of carbonyl (C=O) groups is 4. The van der Waals surface area contributed by atoms with Crippen LogP contribution in [0.15, 0.2) is 66.7 Å². The van der Waals surface area contributed by atoms with Crippen molar-refractivity contribution in [3.63, 3.8) is 0 Å². The van der Waals surface area contributed by atoms with Crippen molar-refractivity contribution in [1.82, 2.24) is 4.98 Å². The van der Waals surface area contributed by atoms with Gasteiger partial charge in [-0.1, -0.05) is 61.7 Å². The highest BCUT2D eigenvalue weighted by Gasteiger charge is 2.66. The molecular formula is C36H27Br2Cl2FN2O5. The lowest BCUT2D eigenvalue weighted by Crippen LogP contribution is -2.37. The number of fused-ring (bicyclic) bond motifs is 6. The molecule has 7 atom stereocenters. The fraction of sp³-hybridized carbons (Fsp3) is 0.306. The lowest BCUT2D eigenvalue weighted by molar-refractivity contribution is -0.123. The third-order valence-electron chi connectivity index (χ3n) is 9.84. The summed E-state index contributed by atoms with van der Waals surface area (Å²) in [7, 11) is 0. The number of anilines is 1. The van der Waals surface area contributed by atoms with Gasteiger partial charge in [0.2, 0.25) is 17.6 Å². The Balaban J connectivity index is 1.21. The molecule has 0 spiro atoms. The van der Waals surface area contributed by atoms with Gasteiger partial charge in [-0.05, 0) is 79.3 Å². The first-order valence-corrected chi connectivity index (χ1v) is 18.2. The number of rotatable bonds is 8. The van der Waals surface area contributed by atoms with Gasteiger partial charge in [-0.25, -0.2) is 14.2 Å². The molecule has 7 rings (SSSR count). The number of nitrogens with zero attached hydrogens (tertiary/aromatic N) is 2. The van der Waals surface area contributed by atoms with Crippen LogP contribution in [0.1, 0.15) is 39.1 Å². The van der Waals surface area contributed by atoms with E-state index in [-0.39, 0.29) is 68.6 Å². The number of alkyl halides is 3. The molecule has 3 aliphatic rings. The number of ketones is 1. The lowest BCUT2D eigenvalue weighted by Gasteiger charge is -2.28. The SMILES string of the molecule is Cc1c(Cl)ccc2c(C(=O)OC(CCCl)C(=O)c3ccc(F)cc3)cc(-c3ccc(N4C(=O)C5C6CC(C(Br)C6Br)C5C4=O)cc3)nc12. The number of aryl methyl sites for hydroxylation is 1. The number of carbonyl (C=O) groups excluding carboxylic acids is 4. The third-order valence-corrected chi connectivity index (χ3v) is 13.7. The monoisotopic (exact) mass is 814 g/mol.